The number of alkyl halides is 3. The monoisotopic (exact) mass is 256 g/mol. The molecule has 1 aromatic heterocycles. The second-order valence-electron chi connectivity index (χ2n) is 4.13. The number of aryl methyl sites for hydroxylation is 2. The number of nitrogens with one attached hydrogen (secondary N) is 1. The first-order chi connectivity index (χ1) is 8.29. The number of hydrogen-bond acceptors (Lipinski definition) is 1. The lowest BCUT2D eigenvalue weighted by molar-refractivity contribution is -0.141. The van der Waals surface area contributed by atoms with Crippen LogP contribution in [0.5, 0.6) is 0 Å². The van der Waals surface area contributed by atoms with Crippen LogP contribution in [0.1, 0.15) is 16.8 Å². The molecular weight excluding hydrogens is 245 g/mol. The second-order valence-corrected chi connectivity index (χ2v) is 4.13. The minimum Gasteiger partial charge on any atom is -0.286 e. The van der Waals surface area contributed by atoms with Gasteiger partial charge in [0.1, 0.15) is 5.69 Å². The number of hydrogen-bond donors (Lipinski definition) is 1. The normalized spacial score (nSPS) is 11.8. The quantitative estimate of drug-likeness (QED) is 0.837. The van der Waals surface area contributed by atoms with E-state index in [1.54, 1.807) is 19.1 Å². The Labute approximate surface area is 101 Å². The van der Waals surface area contributed by atoms with Crippen molar-refractivity contribution in [3.05, 3.63) is 51.4 Å². The molecule has 0 fully saturated rings. The number of aromatic amines is 1. The summed E-state index contributed by atoms with van der Waals surface area (Å²) in [4.78, 5) is 11.6. The van der Waals surface area contributed by atoms with Gasteiger partial charge in [-0.2, -0.15) is 13.2 Å². The summed E-state index contributed by atoms with van der Waals surface area (Å²) in [6, 6.07) is 5.80. The van der Waals surface area contributed by atoms with E-state index in [1.165, 1.54) is 0 Å². The van der Waals surface area contributed by atoms with Crippen molar-refractivity contribution < 1.29 is 13.2 Å². The van der Waals surface area contributed by atoms with E-state index in [9.17, 15) is 18.0 Å². The summed E-state index contributed by atoms with van der Waals surface area (Å²) >= 11 is 0. The highest BCUT2D eigenvalue weighted by molar-refractivity contribution is 5.42. The molecular formula is C12H11F3N2O. The van der Waals surface area contributed by atoms with E-state index in [1.807, 2.05) is 13.0 Å². The fourth-order valence-electron chi connectivity index (χ4n) is 1.68. The van der Waals surface area contributed by atoms with Crippen LogP contribution in [0.3, 0.4) is 0 Å². The number of rotatable bonds is 1. The van der Waals surface area contributed by atoms with Gasteiger partial charge in [-0.1, -0.05) is 12.1 Å². The Bertz CT molecular complexity index is 638. The molecule has 0 spiro atoms. The van der Waals surface area contributed by atoms with Crippen molar-refractivity contribution in [3.8, 4) is 5.69 Å². The zero-order valence-electron chi connectivity index (χ0n) is 9.80. The van der Waals surface area contributed by atoms with Gasteiger partial charge in [0, 0.05) is 6.07 Å². The first-order valence-corrected chi connectivity index (χ1v) is 5.26. The molecule has 0 bridgehead atoms. The highest BCUT2D eigenvalue weighted by Gasteiger charge is 2.33. The second kappa shape index (κ2) is 4.04. The van der Waals surface area contributed by atoms with Crippen LogP contribution in [-0.4, -0.2) is 9.78 Å². The van der Waals surface area contributed by atoms with E-state index < -0.39 is 17.4 Å². The number of H-pyrrole nitrogens is 1. The Morgan fingerprint density at radius 2 is 1.83 bits per heavy atom. The van der Waals surface area contributed by atoms with Gasteiger partial charge in [-0.05, 0) is 31.0 Å². The Kier molecular flexibility index (Phi) is 2.80. The van der Waals surface area contributed by atoms with Gasteiger partial charge in [-0.3, -0.25) is 9.89 Å². The zero-order chi connectivity index (χ0) is 13.5. The van der Waals surface area contributed by atoms with Crippen molar-refractivity contribution in [3.63, 3.8) is 0 Å². The summed E-state index contributed by atoms with van der Waals surface area (Å²) in [5.41, 5.74) is 0.240. The number of benzene rings is 1. The standard InChI is InChI=1S/C12H11F3N2O/c1-7-3-4-8(2)9(5-7)17-11(18)6-10(16-17)12(13,14)15/h3-6,16H,1-2H3. The zero-order valence-corrected chi connectivity index (χ0v) is 9.80. The first-order valence-electron chi connectivity index (χ1n) is 5.26. The predicted molar refractivity (Wildman–Crippen MR) is 60.9 cm³/mol. The van der Waals surface area contributed by atoms with Crippen molar-refractivity contribution in [1.82, 2.24) is 9.78 Å². The van der Waals surface area contributed by atoms with Gasteiger partial charge < -0.3 is 0 Å². The summed E-state index contributed by atoms with van der Waals surface area (Å²) in [7, 11) is 0. The molecule has 0 aliphatic rings. The Morgan fingerprint density at radius 1 is 1.17 bits per heavy atom. The van der Waals surface area contributed by atoms with E-state index >= 15 is 0 Å². The lowest BCUT2D eigenvalue weighted by Crippen LogP contribution is -2.15. The van der Waals surface area contributed by atoms with Gasteiger partial charge in [-0.15, -0.1) is 0 Å². The van der Waals surface area contributed by atoms with Crippen LogP contribution in [0.15, 0.2) is 29.1 Å². The predicted octanol–water partition coefficient (Wildman–Crippen LogP) is 2.80. The lowest BCUT2D eigenvalue weighted by Gasteiger charge is -2.08. The summed E-state index contributed by atoms with van der Waals surface area (Å²) in [5.74, 6) is 0. The van der Waals surface area contributed by atoms with Crippen LogP contribution in [0.4, 0.5) is 13.2 Å². The summed E-state index contributed by atoms with van der Waals surface area (Å²) < 4.78 is 38.4. The third kappa shape index (κ3) is 2.18. The average molecular weight is 256 g/mol. The number of halogens is 3. The Balaban J connectivity index is 2.62. The third-order valence-corrected chi connectivity index (χ3v) is 2.63. The molecule has 0 atom stereocenters. The van der Waals surface area contributed by atoms with Crippen molar-refractivity contribution in [2.75, 3.05) is 0 Å². The van der Waals surface area contributed by atoms with Crippen LogP contribution >= 0.6 is 0 Å². The molecule has 96 valence electrons. The van der Waals surface area contributed by atoms with Crippen LogP contribution in [-0.2, 0) is 6.18 Å². The number of aromatic nitrogens is 2. The van der Waals surface area contributed by atoms with Gasteiger partial charge in [0.05, 0.1) is 5.69 Å². The molecule has 0 amide bonds. The maximum Gasteiger partial charge on any atom is 0.432 e. The van der Waals surface area contributed by atoms with E-state index in [0.717, 1.165) is 15.8 Å². The highest BCUT2D eigenvalue weighted by atomic mass is 19.4. The van der Waals surface area contributed by atoms with E-state index in [-0.39, 0.29) is 0 Å². The molecule has 0 aliphatic carbocycles. The summed E-state index contributed by atoms with van der Waals surface area (Å²) in [5, 5.41) is 2.08. The maximum absolute atomic E-state index is 12.5. The van der Waals surface area contributed by atoms with E-state index in [0.29, 0.717) is 11.8 Å². The molecule has 1 heterocycles. The molecule has 0 saturated carbocycles. The third-order valence-electron chi connectivity index (χ3n) is 2.63. The van der Waals surface area contributed by atoms with Crippen LogP contribution < -0.4 is 5.56 Å². The molecule has 0 unspecified atom stereocenters. The van der Waals surface area contributed by atoms with E-state index in [2.05, 4.69) is 5.10 Å². The molecule has 2 rings (SSSR count). The molecule has 18 heavy (non-hydrogen) atoms. The largest absolute Gasteiger partial charge is 0.432 e. The van der Waals surface area contributed by atoms with Gasteiger partial charge in [0.25, 0.3) is 5.56 Å². The molecule has 1 N–H and O–H groups in total. The molecule has 1 aromatic carbocycles. The summed E-state index contributed by atoms with van der Waals surface area (Å²) in [6.07, 6.45) is -4.55. The van der Waals surface area contributed by atoms with E-state index in [4.69, 9.17) is 0 Å². The van der Waals surface area contributed by atoms with Gasteiger partial charge in [0.15, 0.2) is 0 Å². The smallest absolute Gasteiger partial charge is 0.286 e. The molecule has 0 radical (unpaired) electrons. The minimum atomic E-state index is -4.55. The van der Waals surface area contributed by atoms with Crippen molar-refractivity contribution >= 4 is 0 Å². The topological polar surface area (TPSA) is 37.8 Å². The van der Waals surface area contributed by atoms with Crippen molar-refractivity contribution in [2.24, 2.45) is 0 Å². The lowest BCUT2D eigenvalue weighted by atomic mass is 10.1. The van der Waals surface area contributed by atoms with Crippen molar-refractivity contribution in [2.45, 2.75) is 20.0 Å². The maximum atomic E-state index is 12.5. The molecule has 6 heteroatoms. The SMILES string of the molecule is Cc1ccc(C)c(-n2[nH]c(C(F)(F)F)cc2=O)c1. The van der Waals surface area contributed by atoms with Crippen LogP contribution in [0, 0.1) is 13.8 Å². The fourth-order valence-corrected chi connectivity index (χ4v) is 1.68. The van der Waals surface area contributed by atoms with Gasteiger partial charge >= 0.3 is 6.18 Å². The highest BCUT2D eigenvalue weighted by Crippen LogP contribution is 2.27. The van der Waals surface area contributed by atoms with Crippen LogP contribution in [0.25, 0.3) is 5.69 Å². The average Bonchev–Trinajstić information content (AvgIpc) is 2.64. The Morgan fingerprint density at radius 3 is 2.39 bits per heavy atom. The number of nitrogens with zero attached hydrogens (tertiary/aromatic N) is 1. The van der Waals surface area contributed by atoms with Gasteiger partial charge in [0.2, 0.25) is 0 Å². The molecule has 0 saturated heterocycles. The minimum absolute atomic E-state index is 0.426. The molecule has 2 aromatic rings. The first kappa shape index (κ1) is 12.5. The molecule has 3 nitrogen and oxygen atoms in total. The van der Waals surface area contributed by atoms with Crippen LogP contribution in [0.2, 0.25) is 0 Å². The van der Waals surface area contributed by atoms with Crippen molar-refractivity contribution in [1.29, 1.82) is 0 Å². The fraction of sp³-hybridized carbons (Fsp3) is 0.250. The molecule has 0 aliphatic heterocycles. The summed E-state index contributed by atoms with van der Waals surface area (Å²) in [6.45, 7) is 3.54. The Hall–Kier alpha value is -1.98. The van der Waals surface area contributed by atoms with Gasteiger partial charge in [-0.25, -0.2) is 4.68 Å².